The van der Waals surface area contributed by atoms with Crippen LogP contribution in [0.4, 0.5) is 5.69 Å². The van der Waals surface area contributed by atoms with Crippen LogP contribution in [0.25, 0.3) is 6.08 Å². The predicted molar refractivity (Wildman–Crippen MR) is 140 cm³/mol. The quantitative estimate of drug-likeness (QED) is 0.415. The Labute approximate surface area is 211 Å². The average molecular weight is 512 g/mol. The molecule has 0 spiro atoms. The summed E-state index contributed by atoms with van der Waals surface area (Å²) >= 11 is 0. The highest BCUT2D eigenvalue weighted by molar-refractivity contribution is 7.93. The Kier molecular flexibility index (Phi) is 8.60. The van der Waals surface area contributed by atoms with Crippen LogP contribution in [0, 0.1) is 6.92 Å². The number of aryl methyl sites for hydroxylation is 1. The number of carbonyl (C=O) groups excluding carboxylic acids is 1. The molecular formula is C27H29NO7S. The second kappa shape index (κ2) is 11.6. The van der Waals surface area contributed by atoms with Gasteiger partial charge in [0.15, 0.2) is 9.84 Å². The number of rotatable bonds is 10. The summed E-state index contributed by atoms with van der Waals surface area (Å²) in [6.45, 7) is 1.93. The Morgan fingerprint density at radius 1 is 0.833 bits per heavy atom. The van der Waals surface area contributed by atoms with Gasteiger partial charge in [-0.25, -0.2) is 8.42 Å². The smallest absolute Gasteiger partial charge is 0.255 e. The number of amides is 1. The fraction of sp³-hybridized carbons (Fsp3) is 0.222. The lowest BCUT2D eigenvalue weighted by Gasteiger charge is -2.13. The summed E-state index contributed by atoms with van der Waals surface area (Å²) in [5, 5.41) is 3.91. The molecule has 0 aromatic heterocycles. The molecule has 9 heteroatoms. The number of hydrogen-bond donors (Lipinski definition) is 1. The highest BCUT2D eigenvalue weighted by Crippen LogP contribution is 2.35. The zero-order valence-corrected chi connectivity index (χ0v) is 21.6. The Bertz CT molecular complexity index is 1340. The van der Waals surface area contributed by atoms with Crippen LogP contribution in [0.5, 0.6) is 23.0 Å². The van der Waals surface area contributed by atoms with Gasteiger partial charge in [0.05, 0.1) is 45.4 Å². The van der Waals surface area contributed by atoms with E-state index in [-0.39, 0.29) is 11.7 Å². The molecule has 0 radical (unpaired) electrons. The maximum atomic E-state index is 12.9. The minimum absolute atomic E-state index is 0.290. The molecule has 190 valence electrons. The van der Waals surface area contributed by atoms with E-state index in [1.165, 1.54) is 34.5 Å². The van der Waals surface area contributed by atoms with Gasteiger partial charge in [-0.15, -0.1) is 0 Å². The summed E-state index contributed by atoms with van der Waals surface area (Å²) in [7, 11) is 2.25. The molecule has 3 aromatic rings. The van der Waals surface area contributed by atoms with E-state index in [0.29, 0.717) is 45.4 Å². The van der Waals surface area contributed by atoms with E-state index >= 15 is 0 Å². The molecule has 0 aliphatic carbocycles. The maximum Gasteiger partial charge on any atom is 0.255 e. The van der Waals surface area contributed by atoms with Gasteiger partial charge >= 0.3 is 0 Å². The highest BCUT2D eigenvalue weighted by atomic mass is 32.2. The Hall–Kier alpha value is -3.98. The number of methoxy groups -OCH3 is 4. The number of benzene rings is 3. The third kappa shape index (κ3) is 6.57. The first-order valence-corrected chi connectivity index (χ1v) is 12.7. The summed E-state index contributed by atoms with van der Waals surface area (Å²) in [6, 6.07) is 15.3. The van der Waals surface area contributed by atoms with Crippen molar-refractivity contribution in [2.75, 3.05) is 33.8 Å². The zero-order valence-electron chi connectivity index (χ0n) is 20.8. The molecule has 0 saturated carbocycles. The number of carbonyl (C=O) groups is 1. The minimum Gasteiger partial charge on any atom is -0.496 e. The minimum atomic E-state index is -3.70. The summed E-state index contributed by atoms with van der Waals surface area (Å²) < 4.78 is 47.2. The van der Waals surface area contributed by atoms with E-state index in [1.807, 2.05) is 19.1 Å². The number of ether oxygens (including phenoxy) is 4. The van der Waals surface area contributed by atoms with Crippen molar-refractivity contribution in [1.29, 1.82) is 0 Å². The van der Waals surface area contributed by atoms with Crippen LogP contribution in [0.2, 0.25) is 0 Å². The van der Waals surface area contributed by atoms with Gasteiger partial charge in [-0.1, -0.05) is 23.8 Å². The lowest BCUT2D eigenvalue weighted by molar-refractivity contribution is 0.102. The fourth-order valence-corrected chi connectivity index (χ4v) is 4.57. The molecule has 0 aliphatic heterocycles. The topological polar surface area (TPSA) is 100 Å². The van der Waals surface area contributed by atoms with E-state index in [1.54, 1.807) is 42.5 Å². The first-order chi connectivity index (χ1) is 17.2. The number of sulfone groups is 1. The largest absolute Gasteiger partial charge is 0.496 e. The van der Waals surface area contributed by atoms with E-state index in [0.717, 1.165) is 11.0 Å². The van der Waals surface area contributed by atoms with Crippen molar-refractivity contribution in [2.24, 2.45) is 0 Å². The van der Waals surface area contributed by atoms with Crippen LogP contribution < -0.4 is 24.3 Å². The second-order valence-electron chi connectivity index (χ2n) is 7.91. The molecule has 1 N–H and O–H groups in total. The van der Waals surface area contributed by atoms with Crippen LogP contribution in [0.3, 0.4) is 0 Å². The molecule has 8 nitrogen and oxygen atoms in total. The summed E-state index contributed by atoms with van der Waals surface area (Å²) in [5.41, 5.74) is 2.83. The van der Waals surface area contributed by atoms with Crippen molar-refractivity contribution in [3.8, 4) is 23.0 Å². The number of nitrogens with one attached hydrogen (secondary N) is 1. The maximum absolute atomic E-state index is 12.9. The summed E-state index contributed by atoms with van der Waals surface area (Å²) in [4.78, 5) is 12.7. The molecule has 0 fully saturated rings. The van der Waals surface area contributed by atoms with Crippen molar-refractivity contribution in [2.45, 2.75) is 12.7 Å². The van der Waals surface area contributed by atoms with E-state index < -0.39 is 9.84 Å². The van der Waals surface area contributed by atoms with E-state index in [2.05, 4.69) is 5.32 Å². The van der Waals surface area contributed by atoms with Crippen LogP contribution in [0.15, 0.2) is 60.0 Å². The summed E-state index contributed by atoms with van der Waals surface area (Å²) in [5.74, 6) is 1.13. The van der Waals surface area contributed by atoms with Crippen molar-refractivity contribution in [3.05, 3.63) is 82.3 Å². The molecule has 0 aliphatic rings. The molecule has 36 heavy (non-hydrogen) atoms. The van der Waals surface area contributed by atoms with Gasteiger partial charge in [0.2, 0.25) is 0 Å². The highest BCUT2D eigenvalue weighted by Gasteiger charge is 2.16. The van der Waals surface area contributed by atoms with Gasteiger partial charge in [0, 0.05) is 23.1 Å². The van der Waals surface area contributed by atoms with Crippen LogP contribution >= 0.6 is 0 Å². The van der Waals surface area contributed by atoms with Crippen LogP contribution in [-0.4, -0.2) is 42.8 Å². The summed E-state index contributed by atoms with van der Waals surface area (Å²) in [6.07, 6.45) is 1.43. The molecule has 3 rings (SSSR count). The molecular weight excluding hydrogens is 482 g/mol. The van der Waals surface area contributed by atoms with Crippen molar-refractivity contribution >= 4 is 27.5 Å². The Balaban J connectivity index is 1.85. The Morgan fingerprint density at radius 2 is 1.44 bits per heavy atom. The van der Waals surface area contributed by atoms with E-state index in [4.69, 9.17) is 18.9 Å². The van der Waals surface area contributed by atoms with Crippen molar-refractivity contribution in [3.63, 3.8) is 0 Å². The fourth-order valence-electron chi connectivity index (χ4n) is 3.49. The number of hydrogen-bond acceptors (Lipinski definition) is 7. The SMILES string of the molecule is COc1cc(OC)c(/C=C/S(=O)(=O)Cc2ccc(OC)c(NC(=O)c3ccc(C)cc3)c2)c(OC)c1. The first kappa shape index (κ1) is 26.6. The normalized spacial score (nSPS) is 11.2. The van der Waals surface area contributed by atoms with Gasteiger partial charge in [-0.05, 0) is 42.8 Å². The molecule has 1 amide bonds. The van der Waals surface area contributed by atoms with Gasteiger partial charge in [-0.2, -0.15) is 0 Å². The van der Waals surface area contributed by atoms with Crippen LogP contribution in [-0.2, 0) is 15.6 Å². The van der Waals surface area contributed by atoms with Crippen molar-refractivity contribution < 1.29 is 32.2 Å². The molecule has 3 aromatic carbocycles. The average Bonchev–Trinajstić information content (AvgIpc) is 2.87. The van der Waals surface area contributed by atoms with E-state index in [9.17, 15) is 13.2 Å². The zero-order chi connectivity index (χ0) is 26.3. The predicted octanol–water partition coefficient (Wildman–Crippen LogP) is 4.87. The lowest BCUT2D eigenvalue weighted by atomic mass is 10.1. The standard InChI is InChI=1S/C27H29NO7S/c1-18-6-9-20(10-7-18)27(29)28-23-14-19(8-11-24(23)33-3)17-36(30,31)13-12-22-25(34-4)15-21(32-2)16-26(22)35-5/h6-16H,17H2,1-5H3,(H,28,29)/b13-12+. The third-order valence-electron chi connectivity index (χ3n) is 5.39. The van der Waals surface area contributed by atoms with Gasteiger partial charge < -0.3 is 24.3 Å². The molecule has 0 bridgehead atoms. The molecule has 0 heterocycles. The second-order valence-corrected chi connectivity index (χ2v) is 9.80. The lowest BCUT2D eigenvalue weighted by Crippen LogP contribution is -2.13. The monoisotopic (exact) mass is 511 g/mol. The Morgan fingerprint density at radius 3 is 2.00 bits per heavy atom. The van der Waals surface area contributed by atoms with Gasteiger partial charge in [0.1, 0.15) is 23.0 Å². The van der Waals surface area contributed by atoms with Crippen LogP contribution in [0.1, 0.15) is 27.0 Å². The first-order valence-electron chi connectivity index (χ1n) is 11.0. The van der Waals surface area contributed by atoms with Crippen molar-refractivity contribution in [1.82, 2.24) is 0 Å². The molecule has 0 atom stereocenters. The molecule has 0 unspecified atom stereocenters. The van der Waals surface area contributed by atoms with Gasteiger partial charge in [-0.3, -0.25) is 4.79 Å². The molecule has 0 saturated heterocycles. The van der Waals surface area contributed by atoms with Gasteiger partial charge in [0.25, 0.3) is 5.91 Å². The third-order valence-corrected chi connectivity index (χ3v) is 6.68. The number of anilines is 1.